The number of carbonyl (C=O) groups is 1. The molecule has 1 aromatic carbocycles. The molecule has 0 aliphatic carbocycles. The highest BCUT2D eigenvalue weighted by molar-refractivity contribution is 7.99. The summed E-state index contributed by atoms with van der Waals surface area (Å²) in [5.74, 6) is 1.07. The second kappa shape index (κ2) is 5.47. The van der Waals surface area contributed by atoms with Crippen molar-refractivity contribution in [2.75, 3.05) is 5.75 Å². The third-order valence-electron chi connectivity index (χ3n) is 2.35. The van der Waals surface area contributed by atoms with Crippen LogP contribution in [0.5, 0.6) is 0 Å². The summed E-state index contributed by atoms with van der Waals surface area (Å²) in [7, 11) is 0. The van der Waals surface area contributed by atoms with Crippen LogP contribution in [0.3, 0.4) is 0 Å². The van der Waals surface area contributed by atoms with Crippen molar-refractivity contribution in [3.8, 4) is 11.3 Å². The molecule has 0 N–H and O–H groups in total. The Morgan fingerprint density at radius 1 is 1.35 bits per heavy atom. The number of hydrogen-bond donors (Lipinski definition) is 0. The van der Waals surface area contributed by atoms with E-state index in [0.717, 1.165) is 28.2 Å². The second-order valence-corrected chi connectivity index (χ2v) is 6.10. The number of aryl methyl sites for hydroxylation is 1. The Balaban J connectivity index is 2.32. The Hall–Kier alpha value is -1.13. The van der Waals surface area contributed by atoms with Crippen molar-refractivity contribution < 1.29 is 4.79 Å². The number of rotatable bonds is 4. The average molecular weight is 263 g/mol. The van der Waals surface area contributed by atoms with Crippen LogP contribution < -0.4 is 0 Å². The van der Waals surface area contributed by atoms with Crippen LogP contribution in [0.2, 0.25) is 0 Å². The molecule has 0 saturated heterocycles. The average Bonchev–Trinajstić information content (AvgIpc) is 2.72. The molecule has 0 fully saturated rings. The number of thioether (sulfide) groups is 1. The van der Waals surface area contributed by atoms with E-state index in [2.05, 4.69) is 36.2 Å². The Morgan fingerprint density at radius 3 is 2.59 bits per heavy atom. The first-order chi connectivity index (χ1) is 8.24. The van der Waals surface area contributed by atoms with Gasteiger partial charge in [0, 0.05) is 15.3 Å². The van der Waals surface area contributed by atoms with Gasteiger partial charge in [0.05, 0.1) is 5.69 Å². The summed E-state index contributed by atoms with van der Waals surface area (Å²) in [6.07, 6.45) is 0.808. The maximum Gasteiger partial charge on any atom is 0.178 e. The molecule has 2 aromatic rings. The zero-order chi connectivity index (χ0) is 12.3. The van der Waals surface area contributed by atoms with Gasteiger partial charge >= 0.3 is 0 Å². The molecule has 1 heterocycles. The Morgan fingerprint density at radius 2 is 2.06 bits per heavy atom. The van der Waals surface area contributed by atoms with E-state index in [0.29, 0.717) is 5.01 Å². The van der Waals surface area contributed by atoms with Gasteiger partial charge in [0.1, 0.15) is 0 Å². The standard InChI is InChI=1S/C13H13NOS2/c1-3-16-11-6-4-10(5-7-11)13-9(2)17-12(8-15)14-13/h4-8H,3H2,1-2H3. The third-order valence-corrected chi connectivity index (χ3v) is 4.14. The Kier molecular flexibility index (Phi) is 3.97. The first-order valence-corrected chi connectivity index (χ1v) is 7.20. The van der Waals surface area contributed by atoms with Crippen LogP contribution in [-0.4, -0.2) is 17.0 Å². The SMILES string of the molecule is CCSc1ccc(-c2nc(C=O)sc2C)cc1. The molecular formula is C13H13NOS2. The zero-order valence-corrected chi connectivity index (χ0v) is 11.4. The van der Waals surface area contributed by atoms with Crippen molar-refractivity contribution in [1.82, 2.24) is 4.98 Å². The smallest absolute Gasteiger partial charge is 0.178 e. The van der Waals surface area contributed by atoms with Crippen molar-refractivity contribution in [2.24, 2.45) is 0 Å². The fourth-order valence-electron chi connectivity index (χ4n) is 1.61. The molecule has 0 amide bonds. The minimum atomic E-state index is 0.546. The first-order valence-electron chi connectivity index (χ1n) is 5.40. The topological polar surface area (TPSA) is 30.0 Å². The Bertz CT molecular complexity index is 517. The fourth-order valence-corrected chi connectivity index (χ4v) is 3.03. The molecule has 0 saturated carbocycles. The molecule has 0 radical (unpaired) electrons. The van der Waals surface area contributed by atoms with Crippen molar-refractivity contribution in [3.05, 3.63) is 34.2 Å². The van der Waals surface area contributed by atoms with E-state index < -0.39 is 0 Å². The van der Waals surface area contributed by atoms with Gasteiger partial charge in [0.2, 0.25) is 0 Å². The lowest BCUT2D eigenvalue weighted by molar-refractivity contribution is 0.112. The van der Waals surface area contributed by atoms with Gasteiger partial charge in [-0.1, -0.05) is 19.1 Å². The summed E-state index contributed by atoms with van der Waals surface area (Å²) in [6.45, 7) is 4.13. The number of benzene rings is 1. The lowest BCUT2D eigenvalue weighted by atomic mass is 10.1. The van der Waals surface area contributed by atoms with Gasteiger partial charge in [-0.15, -0.1) is 23.1 Å². The predicted octanol–water partition coefficient (Wildman–Crippen LogP) is 4.04. The molecule has 0 atom stereocenters. The van der Waals surface area contributed by atoms with E-state index in [-0.39, 0.29) is 0 Å². The van der Waals surface area contributed by atoms with Gasteiger partial charge in [-0.2, -0.15) is 0 Å². The first kappa shape index (κ1) is 12.3. The highest BCUT2D eigenvalue weighted by Crippen LogP contribution is 2.28. The van der Waals surface area contributed by atoms with E-state index in [1.165, 1.54) is 16.2 Å². The van der Waals surface area contributed by atoms with Crippen LogP contribution in [0.1, 0.15) is 21.6 Å². The molecule has 2 nitrogen and oxygen atoms in total. The van der Waals surface area contributed by atoms with E-state index >= 15 is 0 Å². The van der Waals surface area contributed by atoms with Gasteiger partial charge in [-0.3, -0.25) is 4.79 Å². The van der Waals surface area contributed by atoms with Gasteiger partial charge < -0.3 is 0 Å². The number of hydrogen-bond acceptors (Lipinski definition) is 4. The monoisotopic (exact) mass is 263 g/mol. The van der Waals surface area contributed by atoms with Crippen LogP contribution in [0.15, 0.2) is 29.2 Å². The normalized spacial score (nSPS) is 10.5. The predicted molar refractivity (Wildman–Crippen MR) is 74.1 cm³/mol. The number of nitrogens with zero attached hydrogens (tertiary/aromatic N) is 1. The number of aldehydes is 1. The van der Waals surface area contributed by atoms with Crippen LogP contribution in [0.25, 0.3) is 11.3 Å². The van der Waals surface area contributed by atoms with E-state index in [1.807, 2.05) is 18.7 Å². The second-order valence-electron chi connectivity index (χ2n) is 3.53. The molecule has 2 rings (SSSR count). The highest BCUT2D eigenvalue weighted by Gasteiger charge is 2.08. The molecule has 4 heteroatoms. The van der Waals surface area contributed by atoms with Crippen molar-refractivity contribution in [3.63, 3.8) is 0 Å². The highest BCUT2D eigenvalue weighted by atomic mass is 32.2. The molecule has 0 unspecified atom stereocenters. The van der Waals surface area contributed by atoms with Crippen LogP contribution >= 0.6 is 23.1 Å². The number of aromatic nitrogens is 1. The molecule has 0 aliphatic rings. The summed E-state index contributed by atoms with van der Waals surface area (Å²) >= 11 is 3.26. The molecule has 0 spiro atoms. The van der Waals surface area contributed by atoms with Crippen LogP contribution in [0.4, 0.5) is 0 Å². The lowest BCUT2D eigenvalue weighted by Crippen LogP contribution is -1.82. The molecule has 0 aliphatic heterocycles. The molecule has 0 bridgehead atoms. The largest absolute Gasteiger partial charge is 0.295 e. The van der Waals surface area contributed by atoms with Crippen molar-refractivity contribution in [2.45, 2.75) is 18.7 Å². The minimum absolute atomic E-state index is 0.546. The third kappa shape index (κ3) is 2.76. The van der Waals surface area contributed by atoms with Gasteiger partial charge in [0.25, 0.3) is 0 Å². The van der Waals surface area contributed by atoms with Crippen LogP contribution in [-0.2, 0) is 0 Å². The van der Waals surface area contributed by atoms with Gasteiger partial charge in [0.15, 0.2) is 11.3 Å². The summed E-state index contributed by atoms with van der Waals surface area (Å²) in [5, 5.41) is 0.546. The number of thiazole rings is 1. The molecule has 17 heavy (non-hydrogen) atoms. The summed E-state index contributed by atoms with van der Waals surface area (Å²) in [4.78, 5) is 17.4. The zero-order valence-electron chi connectivity index (χ0n) is 9.77. The maximum atomic E-state index is 10.7. The van der Waals surface area contributed by atoms with Gasteiger partial charge in [-0.25, -0.2) is 4.98 Å². The van der Waals surface area contributed by atoms with Crippen molar-refractivity contribution in [1.29, 1.82) is 0 Å². The van der Waals surface area contributed by atoms with Gasteiger partial charge in [-0.05, 0) is 24.8 Å². The quantitative estimate of drug-likeness (QED) is 0.616. The number of carbonyl (C=O) groups excluding carboxylic acids is 1. The molecular weight excluding hydrogens is 250 g/mol. The van der Waals surface area contributed by atoms with E-state index in [9.17, 15) is 4.79 Å². The summed E-state index contributed by atoms with van der Waals surface area (Å²) in [6, 6.07) is 8.33. The summed E-state index contributed by atoms with van der Waals surface area (Å²) in [5.41, 5.74) is 2.00. The molecule has 1 aromatic heterocycles. The summed E-state index contributed by atoms with van der Waals surface area (Å²) < 4.78 is 0. The van der Waals surface area contributed by atoms with Crippen LogP contribution in [0, 0.1) is 6.92 Å². The lowest BCUT2D eigenvalue weighted by Gasteiger charge is -2.01. The Labute approximate surface area is 109 Å². The van der Waals surface area contributed by atoms with Crippen molar-refractivity contribution >= 4 is 29.4 Å². The minimum Gasteiger partial charge on any atom is -0.295 e. The maximum absolute atomic E-state index is 10.7. The fraction of sp³-hybridized carbons (Fsp3) is 0.231. The van der Waals surface area contributed by atoms with E-state index in [1.54, 1.807) is 0 Å². The molecule has 88 valence electrons. The van der Waals surface area contributed by atoms with E-state index in [4.69, 9.17) is 0 Å².